The highest BCUT2D eigenvalue weighted by molar-refractivity contribution is 5.73. The second kappa shape index (κ2) is 7.48. The summed E-state index contributed by atoms with van der Waals surface area (Å²) in [4.78, 5) is 36.2. The molecule has 5 atom stereocenters. The van der Waals surface area contributed by atoms with Crippen molar-refractivity contribution in [3.8, 4) is 0 Å². The van der Waals surface area contributed by atoms with Gasteiger partial charge in [-0.25, -0.2) is 0 Å². The number of nitrogens with one attached hydrogen (secondary N) is 3. The molecule has 0 aliphatic carbocycles. The molecule has 24 heavy (non-hydrogen) atoms. The van der Waals surface area contributed by atoms with Crippen LogP contribution in [0.1, 0.15) is 40.0 Å². The number of nitrogens with zero attached hydrogens (tertiary/aromatic N) is 1. The van der Waals surface area contributed by atoms with Gasteiger partial charge in [0.05, 0.1) is 0 Å². The van der Waals surface area contributed by atoms with Crippen molar-refractivity contribution < 1.29 is 14.4 Å². The maximum Gasteiger partial charge on any atom is 0.216 e. The van der Waals surface area contributed by atoms with Crippen LogP contribution in [-0.2, 0) is 14.4 Å². The molecule has 0 aromatic heterocycles. The van der Waals surface area contributed by atoms with Gasteiger partial charge in [-0.05, 0) is 19.3 Å². The number of hydrogen-bond acceptors (Lipinski definition) is 5. The Hall–Kier alpha value is -1.67. The van der Waals surface area contributed by atoms with E-state index in [1.165, 1.54) is 20.8 Å². The summed E-state index contributed by atoms with van der Waals surface area (Å²) in [6, 6.07) is 0.330. The number of carbonyl (C=O) groups excluding carboxylic acids is 3. The first-order valence-electron chi connectivity index (χ1n) is 8.50. The molecular formula is C16H29N5O3. The number of nitrogens with two attached hydrogens (primary N) is 1. The predicted octanol–water partition coefficient (Wildman–Crippen LogP) is -1.30. The summed E-state index contributed by atoms with van der Waals surface area (Å²) in [5, 5.41) is 8.63. The van der Waals surface area contributed by atoms with E-state index in [0.29, 0.717) is 19.6 Å². The van der Waals surface area contributed by atoms with Crippen molar-refractivity contribution in [2.75, 3.05) is 19.6 Å². The second-order valence-corrected chi connectivity index (χ2v) is 7.19. The molecule has 2 bridgehead atoms. The van der Waals surface area contributed by atoms with Gasteiger partial charge in [0.1, 0.15) is 0 Å². The minimum atomic E-state index is -0.329. The summed E-state index contributed by atoms with van der Waals surface area (Å²) in [7, 11) is 0. The molecular weight excluding hydrogens is 310 g/mol. The molecule has 3 saturated heterocycles. The fourth-order valence-corrected chi connectivity index (χ4v) is 4.19. The van der Waals surface area contributed by atoms with Crippen LogP contribution in [0.4, 0.5) is 0 Å². The van der Waals surface area contributed by atoms with E-state index in [9.17, 15) is 14.4 Å². The molecule has 3 aliphatic heterocycles. The van der Waals surface area contributed by atoms with E-state index >= 15 is 0 Å². The average molecular weight is 339 g/mol. The highest BCUT2D eigenvalue weighted by Crippen LogP contribution is 2.41. The normalized spacial score (nSPS) is 34.5. The summed E-state index contributed by atoms with van der Waals surface area (Å²) < 4.78 is 0. The highest BCUT2D eigenvalue weighted by atomic mass is 16.2. The van der Waals surface area contributed by atoms with Crippen LogP contribution in [0.25, 0.3) is 0 Å². The van der Waals surface area contributed by atoms with E-state index in [2.05, 4.69) is 20.9 Å². The smallest absolute Gasteiger partial charge is 0.216 e. The van der Waals surface area contributed by atoms with Crippen LogP contribution in [0, 0.1) is 0 Å². The number of fused-ring (bicyclic) bond motifs is 3. The Morgan fingerprint density at radius 3 is 1.38 bits per heavy atom. The van der Waals surface area contributed by atoms with Gasteiger partial charge in [-0.3, -0.25) is 19.3 Å². The van der Waals surface area contributed by atoms with Gasteiger partial charge in [0.2, 0.25) is 17.7 Å². The third-order valence-electron chi connectivity index (χ3n) is 4.95. The standard InChI is InChI=1S/C16H29N5O3/c1-10(22)18-7-13-4-16(17)5-14(8-19-11(2)23)21(13)15(6-16)9-20-12(3)24/h13-15H,4-9,17H2,1-3H3,(H,18,22)(H,19,23)(H,20,24)/t13-,14+,15?,16-. The van der Waals surface area contributed by atoms with Gasteiger partial charge in [0, 0.05) is 64.1 Å². The van der Waals surface area contributed by atoms with Crippen molar-refractivity contribution in [1.29, 1.82) is 0 Å². The lowest BCUT2D eigenvalue weighted by Crippen LogP contribution is -2.73. The predicted molar refractivity (Wildman–Crippen MR) is 90.0 cm³/mol. The summed E-state index contributed by atoms with van der Waals surface area (Å²) in [6.45, 7) is 6.08. The van der Waals surface area contributed by atoms with E-state index in [1.54, 1.807) is 0 Å². The van der Waals surface area contributed by atoms with E-state index in [-0.39, 0.29) is 41.4 Å². The van der Waals surface area contributed by atoms with Gasteiger partial charge in [-0.2, -0.15) is 0 Å². The summed E-state index contributed by atoms with van der Waals surface area (Å²) in [5.41, 5.74) is 6.29. The first kappa shape index (κ1) is 18.7. The quantitative estimate of drug-likeness (QED) is 0.480. The fraction of sp³-hybridized carbons (Fsp3) is 0.812. The fourth-order valence-electron chi connectivity index (χ4n) is 4.19. The van der Waals surface area contributed by atoms with E-state index < -0.39 is 0 Å². The number of hydrogen-bond donors (Lipinski definition) is 4. The van der Waals surface area contributed by atoms with Gasteiger partial charge in [0.25, 0.3) is 0 Å². The van der Waals surface area contributed by atoms with Crippen LogP contribution in [0.2, 0.25) is 0 Å². The van der Waals surface area contributed by atoms with Crippen molar-refractivity contribution in [2.45, 2.75) is 63.7 Å². The number of carbonyl (C=O) groups is 3. The zero-order valence-corrected chi connectivity index (χ0v) is 14.7. The molecule has 136 valence electrons. The first-order valence-corrected chi connectivity index (χ1v) is 8.50. The lowest BCUT2D eigenvalue weighted by atomic mass is 9.69. The topological polar surface area (TPSA) is 117 Å². The van der Waals surface area contributed by atoms with Gasteiger partial charge >= 0.3 is 0 Å². The zero-order chi connectivity index (χ0) is 17.9. The first-order chi connectivity index (χ1) is 11.2. The van der Waals surface area contributed by atoms with Crippen LogP contribution in [0.5, 0.6) is 0 Å². The van der Waals surface area contributed by atoms with Crippen molar-refractivity contribution in [1.82, 2.24) is 20.9 Å². The van der Waals surface area contributed by atoms with Gasteiger partial charge in [0.15, 0.2) is 0 Å². The minimum Gasteiger partial charge on any atom is -0.355 e. The lowest BCUT2D eigenvalue weighted by molar-refractivity contribution is -0.121. The van der Waals surface area contributed by atoms with Crippen LogP contribution in [-0.4, -0.2) is 65.9 Å². The van der Waals surface area contributed by atoms with Crippen LogP contribution < -0.4 is 21.7 Å². The Balaban J connectivity index is 2.15. The largest absolute Gasteiger partial charge is 0.355 e. The SMILES string of the molecule is CC(=O)NCC1C[C@]2(N)C[C@@H](CNC(C)=O)N1[C@@H](CNC(C)=O)C2. The molecule has 3 aliphatic rings. The second-order valence-electron chi connectivity index (χ2n) is 7.19. The van der Waals surface area contributed by atoms with E-state index in [4.69, 9.17) is 5.73 Å². The Morgan fingerprint density at radius 1 is 0.833 bits per heavy atom. The van der Waals surface area contributed by atoms with Gasteiger partial charge in [-0.1, -0.05) is 0 Å². The number of rotatable bonds is 6. The van der Waals surface area contributed by atoms with Gasteiger partial charge in [-0.15, -0.1) is 0 Å². The molecule has 3 heterocycles. The third kappa shape index (κ3) is 4.67. The average Bonchev–Trinajstić information content (AvgIpc) is 2.47. The molecule has 0 aromatic carbocycles. The van der Waals surface area contributed by atoms with Crippen molar-refractivity contribution >= 4 is 17.7 Å². The van der Waals surface area contributed by atoms with Crippen molar-refractivity contribution in [2.24, 2.45) is 5.73 Å². The van der Waals surface area contributed by atoms with Crippen molar-refractivity contribution in [3.63, 3.8) is 0 Å². The lowest BCUT2D eigenvalue weighted by Gasteiger charge is -2.59. The molecule has 0 saturated carbocycles. The van der Waals surface area contributed by atoms with Gasteiger partial charge < -0.3 is 21.7 Å². The number of amides is 3. The molecule has 3 amide bonds. The molecule has 0 radical (unpaired) electrons. The molecule has 0 spiro atoms. The third-order valence-corrected chi connectivity index (χ3v) is 4.95. The molecule has 5 N–H and O–H groups in total. The zero-order valence-electron chi connectivity index (χ0n) is 14.7. The van der Waals surface area contributed by atoms with Crippen LogP contribution >= 0.6 is 0 Å². The molecule has 0 aromatic rings. The minimum absolute atomic E-state index is 0.0689. The Labute approximate surface area is 142 Å². The Morgan fingerprint density at radius 2 is 1.12 bits per heavy atom. The highest BCUT2D eigenvalue weighted by Gasteiger charge is 2.51. The monoisotopic (exact) mass is 339 g/mol. The maximum absolute atomic E-state index is 11.3. The Kier molecular flexibility index (Phi) is 5.82. The number of piperidine rings is 3. The van der Waals surface area contributed by atoms with Crippen LogP contribution in [0.3, 0.4) is 0 Å². The van der Waals surface area contributed by atoms with E-state index in [0.717, 1.165) is 19.3 Å². The maximum atomic E-state index is 11.3. The molecule has 3 fully saturated rings. The molecule has 8 nitrogen and oxygen atoms in total. The summed E-state index contributed by atoms with van der Waals surface area (Å²) in [5.74, 6) is -0.207. The van der Waals surface area contributed by atoms with Crippen molar-refractivity contribution in [3.05, 3.63) is 0 Å². The Bertz CT molecular complexity index is 441. The van der Waals surface area contributed by atoms with Crippen LogP contribution in [0.15, 0.2) is 0 Å². The van der Waals surface area contributed by atoms with E-state index in [1.807, 2.05) is 0 Å². The molecule has 8 heteroatoms. The molecule has 3 rings (SSSR count). The summed E-state index contributed by atoms with van der Waals surface area (Å²) in [6.07, 6.45) is 2.42. The summed E-state index contributed by atoms with van der Waals surface area (Å²) >= 11 is 0. The molecule has 2 unspecified atom stereocenters.